The number of halogens is 2. The van der Waals surface area contributed by atoms with Crippen molar-refractivity contribution in [2.24, 2.45) is 0 Å². The number of hydrogen-bond donors (Lipinski definition) is 1. The van der Waals surface area contributed by atoms with Gasteiger partial charge < -0.3 is 10.1 Å². The lowest BCUT2D eigenvalue weighted by Gasteiger charge is -2.38. The largest absolute Gasteiger partial charge is 0.365 e. The molecule has 0 radical (unpaired) electrons. The first-order chi connectivity index (χ1) is 11.0. The van der Waals surface area contributed by atoms with Crippen molar-refractivity contribution in [2.45, 2.75) is 25.0 Å². The minimum atomic E-state index is -0.877. The minimum Gasteiger partial charge on any atom is -0.365 e. The van der Waals surface area contributed by atoms with Crippen molar-refractivity contribution in [1.82, 2.24) is 5.32 Å². The maximum absolute atomic E-state index is 14.1. The smallest absolute Gasteiger partial charge is 0.250 e. The second-order valence-corrected chi connectivity index (χ2v) is 6.85. The van der Waals surface area contributed by atoms with E-state index in [0.29, 0.717) is 12.0 Å². The number of rotatable bonds is 3. The number of carbonyl (C=O) groups is 1. The van der Waals surface area contributed by atoms with Gasteiger partial charge in [-0.25, -0.2) is 4.39 Å². The van der Waals surface area contributed by atoms with Crippen LogP contribution in [0.3, 0.4) is 0 Å². The Morgan fingerprint density at radius 3 is 2.74 bits per heavy atom. The lowest BCUT2D eigenvalue weighted by atomic mass is 9.90. The van der Waals surface area contributed by atoms with Gasteiger partial charge >= 0.3 is 0 Å². The minimum absolute atomic E-state index is 0.220. The number of carbonyl (C=O) groups excluding carboxylic acids is 1. The molecular weight excluding hydrogens is 361 g/mol. The predicted molar refractivity (Wildman–Crippen MR) is 89.5 cm³/mol. The molecule has 0 bridgehead atoms. The van der Waals surface area contributed by atoms with Crippen molar-refractivity contribution >= 4 is 21.8 Å². The molecule has 23 heavy (non-hydrogen) atoms. The van der Waals surface area contributed by atoms with Gasteiger partial charge in [-0.2, -0.15) is 0 Å². The van der Waals surface area contributed by atoms with Crippen molar-refractivity contribution in [3.63, 3.8) is 0 Å². The molecule has 0 saturated carbocycles. The van der Waals surface area contributed by atoms with Gasteiger partial charge in [0, 0.05) is 16.5 Å². The van der Waals surface area contributed by atoms with Gasteiger partial charge in [-0.3, -0.25) is 4.79 Å². The molecule has 1 N–H and O–H groups in total. The summed E-state index contributed by atoms with van der Waals surface area (Å²) in [6, 6.07) is 14.4. The van der Waals surface area contributed by atoms with E-state index in [9.17, 15) is 9.18 Å². The molecule has 1 amide bonds. The van der Waals surface area contributed by atoms with Gasteiger partial charge in [0.2, 0.25) is 5.91 Å². The lowest BCUT2D eigenvalue weighted by molar-refractivity contribution is -0.145. The summed E-state index contributed by atoms with van der Waals surface area (Å²) in [5.74, 6) is -0.580. The van der Waals surface area contributed by atoms with Crippen LogP contribution in [0.15, 0.2) is 53.0 Å². The topological polar surface area (TPSA) is 38.3 Å². The molecule has 1 fully saturated rings. The van der Waals surface area contributed by atoms with Crippen LogP contribution in [0.1, 0.15) is 18.1 Å². The molecule has 3 nitrogen and oxygen atoms in total. The van der Waals surface area contributed by atoms with E-state index in [1.165, 1.54) is 6.07 Å². The molecule has 1 heterocycles. The fraction of sp³-hybridized carbons (Fsp3) is 0.278. The van der Waals surface area contributed by atoms with Crippen LogP contribution in [0.5, 0.6) is 0 Å². The number of amides is 1. The third-order valence-electron chi connectivity index (χ3n) is 4.05. The highest BCUT2D eigenvalue weighted by atomic mass is 79.9. The van der Waals surface area contributed by atoms with Crippen LogP contribution in [0, 0.1) is 5.82 Å². The van der Waals surface area contributed by atoms with Gasteiger partial charge in [-0.05, 0) is 30.7 Å². The number of ether oxygens (including phenoxy) is 1. The Kier molecular flexibility index (Phi) is 4.50. The SMILES string of the molecule is C[C@]1(c2cc(Br)ccc2F)CO[C@H](Cc2ccccc2)C(=O)N1. The third-order valence-corrected chi connectivity index (χ3v) is 4.54. The van der Waals surface area contributed by atoms with Crippen LogP contribution in [0.2, 0.25) is 0 Å². The van der Waals surface area contributed by atoms with Gasteiger partial charge in [0.1, 0.15) is 11.9 Å². The molecule has 0 aliphatic carbocycles. The van der Waals surface area contributed by atoms with Gasteiger partial charge in [0.25, 0.3) is 0 Å². The van der Waals surface area contributed by atoms with Crippen LogP contribution in [-0.4, -0.2) is 18.6 Å². The highest BCUT2D eigenvalue weighted by Crippen LogP contribution is 2.30. The van der Waals surface area contributed by atoms with Gasteiger partial charge in [-0.15, -0.1) is 0 Å². The van der Waals surface area contributed by atoms with E-state index < -0.39 is 11.6 Å². The Labute approximate surface area is 143 Å². The van der Waals surface area contributed by atoms with Crippen LogP contribution < -0.4 is 5.32 Å². The van der Waals surface area contributed by atoms with E-state index in [1.807, 2.05) is 30.3 Å². The highest BCUT2D eigenvalue weighted by molar-refractivity contribution is 9.10. The van der Waals surface area contributed by atoms with Crippen molar-refractivity contribution in [1.29, 1.82) is 0 Å². The normalized spacial score (nSPS) is 24.3. The average molecular weight is 378 g/mol. The molecule has 0 spiro atoms. The average Bonchev–Trinajstić information content (AvgIpc) is 2.53. The molecule has 0 unspecified atom stereocenters. The number of hydrogen-bond acceptors (Lipinski definition) is 2. The molecule has 1 saturated heterocycles. The molecule has 5 heteroatoms. The summed E-state index contributed by atoms with van der Waals surface area (Å²) in [5, 5.41) is 2.92. The monoisotopic (exact) mass is 377 g/mol. The van der Waals surface area contributed by atoms with E-state index in [-0.39, 0.29) is 18.3 Å². The van der Waals surface area contributed by atoms with Crippen LogP contribution >= 0.6 is 15.9 Å². The zero-order chi connectivity index (χ0) is 16.4. The van der Waals surface area contributed by atoms with E-state index in [4.69, 9.17) is 4.74 Å². The molecular formula is C18H17BrFNO2. The predicted octanol–water partition coefficient (Wildman–Crippen LogP) is 3.56. The van der Waals surface area contributed by atoms with Gasteiger partial charge in [-0.1, -0.05) is 46.3 Å². The van der Waals surface area contributed by atoms with Crippen molar-refractivity contribution in [3.8, 4) is 0 Å². The Balaban J connectivity index is 1.77. The van der Waals surface area contributed by atoms with Crippen molar-refractivity contribution in [3.05, 3.63) is 69.9 Å². The zero-order valence-electron chi connectivity index (χ0n) is 12.7. The first-order valence-corrected chi connectivity index (χ1v) is 8.20. The molecule has 1 aliphatic heterocycles. The quantitative estimate of drug-likeness (QED) is 0.887. The fourth-order valence-electron chi connectivity index (χ4n) is 2.78. The Morgan fingerprint density at radius 2 is 2.04 bits per heavy atom. The Morgan fingerprint density at radius 1 is 1.30 bits per heavy atom. The van der Waals surface area contributed by atoms with E-state index >= 15 is 0 Å². The third kappa shape index (κ3) is 3.46. The van der Waals surface area contributed by atoms with E-state index in [0.717, 1.165) is 10.0 Å². The maximum atomic E-state index is 14.1. The molecule has 2 aromatic rings. The fourth-order valence-corrected chi connectivity index (χ4v) is 3.14. The first-order valence-electron chi connectivity index (χ1n) is 7.41. The first kappa shape index (κ1) is 16.1. The molecule has 2 atom stereocenters. The maximum Gasteiger partial charge on any atom is 0.250 e. The summed E-state index contributed by atoms with van der Waals surface area (Å²) in [6.45, 7) is 2.00. The summed E-state index contributed by atoms with van der Waals surface area (Å²) < 4.78 is 20.7. The van der Waals surface area contributed by atoms with Crippen LogP contribution in [-0.2, 0) is 21.5 Å². The zero-order valence-corrected chi connectivity index (χ0v) is 14.3. The standard InChI is InChI=1S/C18H17BrFNO2/c1-18(14-10-13(19)7-8-15(14)20)11-23-16(17(22)21-18)9-12-5-3-2-4-6-12/h2-8,10,16H,9,11H2,1H3,(H,21,22)/t16-,18-/m1/s1. The highest BCUT2D eigenvalue weighted by Gasteiger charge is 2.39. The molecule has 3 rings (SSSR count). The van der Waals surface area contributed by atoms with Crippen LogP contribution in [0.4, 0.5) is 4.39 Å². The summed E-state index contributed by atoms with van der Waals surface area (Å²) in [7, 11) is 0. The van der Waals surface area contributed by atoms with Gasteiger partial charge in [0.15, 0.2) is 0 Å². The van der Waals surface area contributed by atoms with E-state index in [2.05, 4.69) is 21.2 Å². The molecule has 1 aliphatic rings. The lowest BCUT2D eigenvalue weighted by Crippen LogP contribution is -2.57. The second-order valence-electron chi connectivity index (χ2n) is 5.93. The number of benzene rings is 2. The molecule has 0 aromatic heterocycles. The van der Waals surface area contributed by atoms with Crippen LogP contribution in [0.25, 0.3) is 0 Å². The number of morpholine rings is 1. The summed E-state index contributed by atoms with van der Waals surface area (Å²) >= 11 is 3.34. The molecule has 120 valence electrons. The van der Waals surface area contributed by atoms with Gasteiger partial charge in [0.05, 0.1) is 12.1 Å². The van der Waals surface area contributed by atoms with E-state index in [1.54, 1.807) is 19.1 Å². The van der Waals surface area contributed by atoms with Crippen molar-refractivity contribution < 1.29 is 13.9 Å². The summed E-state index contributed by atoms with van der Waals surface area (Å²) in [5.41, 5.74) is 0.571. The summed E-state index contributed by atoms with van der Waals surface area (Å²) in [4.78, 5) is 12.4. The molecule has 2 aromatic carbocycles. The van der Waals surface area contributed by atoms with Crippen molar-refractivity contribution in [2.75, 3.05) is 6.61 Å². The summed E-state index contributed by atoms with van der Waals surface area (Å²) in [6.07, 6.45) is -0.0512. The number of nitrogens with one attached hydrogen (secondary N) is 1. The Bertz CT molecular complexity index is 722. The second kappa shape index (κ2) is 6.42. The Hall–Kier alpha value is -1.72.